The number of hydrogen-bond acceptors (Lipinski definition) is 3. The number of benzene rings is 1. The second-order valence-electron chi connectivity index (χ2n) is 3.39. The van der Waals surface area contributed by atoms with Crippen molar-refractivity contribution < 1.29 is 4.79 Å². The zero-order chi connectivity index (χ0) is 11.9. The van der Waals surface area contributed by atoms with Crippen molar-refractivity contribution in [2.24, 2.45) is 4.99 Å². The summed E-state index contributed by atoms with van der Waals surface area (Å²) in [4.78, 5) is 17.8. The molecular weight excluding hydrogens is 212 g/mol. The van der Waals surface area contributed by atoms with E-state index in [1.54, 1.807) is 18.3 Å². The highest BCUT2D eigenvalue weighted by atomic mass is 16.1. The standard InChI is InChI=1S/C14H10N2O/c17-11-16-14-8-9-15-13(10-14)7-6-12-4-2-1-3-5-12/h1-10H/b7-6+. The Morgan fingerprint density at radius 3 is 2.71 bits per heavy atom. The van der Waals surface area contributed by atoms with Gasteiger partial charge in [0.05, 0.1) is 11.4 Å². The molecule has 0 aliphatic heterocycles. The van der Waals surface area contributed by atoms with Gasteiger partial charge in [0.25, 0.3) is 0 Å². The number of aliphatic imine (C=N–C) groups is 1. The van der Waals surface area contributed by atoms with Crippen LogP contribution in [0, 0.1) is 0 Å². The van der Waals surface area contributed by atoms with Crippen LogP contribution in [-0.4, -0.2) is 11.1 Å². The van der Waals surface area contributed by atoms with E-state index in [0.717, 1.165) is 11.3 Å². The molecule has 1 heterocycles. The first-order chi connectivity index (χ1) is 8.38. The third-order valence-electron chi connectivity index (χ3n) is 2.19. The zero-order valence-electron chi connectivity index (χ0n) is 9.08. The van der Waals surface area contributed by atoms with E-state index in [9.17, 15) is 4.79 Å². The summed E-state index contributed by atoms with van der Waals surface area (Å²) in [5.41, 5.74) is 2.41. The minimum Gasteiger partial charge on any atom is -0.257 e. The Kier molecular flexibility index (Phi) is 3.58. The van der Waals surface area contributed by atoms with Gasteiger partial charge in [-0.2, -0.15) is 4.99 Å². The Morgan fingerprint density at radius 1 is 1.12 bits per heavy atom. The normalized spacial score (nSPS) is 10.1. The molecule has 0 bridgehead atoms. The molecule has 2 rings (SSSR count). The predicted molar refractivity (Wildman–Crippen MR) is 67.4 cm³/mol. The summed E-state index contributed by atoms with van der Waals surface area (Å²) in [6.45, 7) is 0. The van der Waals surface area contributed by atoms with Crippen LogP contribution < -0.4 is 0 Å². The van der Waals surface area contributed by atoms with Gasteiger partial charge in [0.1, 0.15) is 0 Å². The first kappa shape index (κ1) is 11.0. The molecule has 1 aromatic heterocycles. The second kappa shape index (κ2) is 5.54. The van der Waals surface area contributed by atoms with Crippen LogP contribution in [0.15, 0.2) is 53.7 Å². The molecule has 0 radical (unpaired) electrons. The van der Waals surface area contributed by atoms with Crippen molar-refractivity contribution >= 4 is 23.9 Å². The van der Waals surface area contributed by atoms with E-state index in [-0.39, 0.29) is 0 Å². The van der Waals surface area contributed by atoms with Gasteiger partial charge < -0.3 is 0 Å². The molecule has 0 unspecified atom stereocenters. The van der Waals surface area contributed by atoms with Gasteiger partial charge in [0.2, 0.25) is 6.08 Å². The lowest BCUT2D eigenvalue weighted by atomic mass is 10.2. The molecule has 82 valence electrons. The van der Waals surface area contributed by atoms with Crippen LogP contribution in [0.3, 0.4) is 0 Å². The van der Waals surface area contributed by atoms with E-state index in [2.05, 4.69) is 9.98 Å². The minimum atomic E-state index is 0.558. The molecular formula is C14H10N2O. The molecule has 0 aliphatic rings. The average Bonchev–Trinajstić information content (AvgIpc) is 2.39. The van der Waals surface area contributed by atoms with Crippen LogP contribution in [0.4, 0.5) is 5.69 Å². The first-order valence-corrected chi connectivity index (χ1v) is 5.15. The Bertz CT molecular complexity index is 570. The van der Waals surface area contributed by atoms with Crippen molar-refractivity contribution in [1.82, 2.24) is 4.98 Å². The second-order valence-corrected chi connectivity index (χ2v) is 3.39. The number of pyridine rings is 1. The molecule has 1 aromatic carbocycles. The summed E-state index contributed by atoms with van der Waals surface area (Å²) in [5.74, 6) is 0. The highest BCUT2D eigenvalue weighted by Crippen LogP contribution is 2.13. The van der Waals surface area contributed by atoms with Gasteiger partial charge >= 0.3 is 0 Å². The van der Waals surface area contributed by atoms with Crippen LogP contribution in [0.2, 0.25) is 0 Å². The Hall–Kier alpha value is -2.51. The molecule has 0 fully saturated rings. The molecule has 0 atom stereocenters. The smallest absolute Gasteiger partial charge is 0.240 e. The summed E-state index contributed by atoms with van der Waals surface area (Å²) < 4.78 is 0. The summed E-state index contributed by atoms with van der Waals surface area (Å²) >= 11 is 0. The third-order valence-corrected chi connectivity index (χ3v) is 2.19. The van der Waals surface area contributed by atoms with E-state index < -0.39 is 0 Å². The summed E-state index contributed by atoms with van der Waals surface area (Å²) in [6, 6.07) is 13.3. The summed E-state index contributed by atoms with van der Waals surface area (Å²) in [7, 11) is 0. The lowest BCUT2D eigenvalue weighted by Gasteiger charge is -1.94. The van der Waals surface area contributed by atoms with Crippen molar-refractivity contribution in [1.29, 1.82) is 0 Å². The quantitative estimate of drug-likeness (QED) is 0.591. The number of nitrogens with zero attached hydrogens (tertiary/aromatic N) is 2. The highest BCUT2D eigenvalue weighted by Gasteiger charge is 1.92. The molecule has 3 heteroatoms. The number of isocyanates is 1. The molecule has 0 amide bonds. The zero-order valence-corrected chi connectivity index (χ0v) is 9.08. The van der Waals surface area contributed by atoms with Crippen molar-refractivity contribution in [3.8, 4) is 0 Å². The van der Waals surface area contributed by atoms with Crippen molar-refractivity contribution in [2.75, 3.05) is 0 Å². The molecule has 0 spiro atoms. The van der Waals surface area contributed by atoms with Crippen LogP contribution >= 0.6 is 0 Å². The lowest BCUT2D eigenvalue weighted by molar-refractivity contribution is 0.565. The highest BCUT2D eigenvalue weighted by molar-refractivity contribution is 5.69. The van der Waals surface area contributed by atoms with Crippen LogP contribution in [0.1, 0.15) is 11.3 Å². The SMILES string of the molecule is O=C=Nc1ccnc(/C=C/c2ccccc2)c1. The molecule has 17 heavy (non-hydrogen) atoms. The van der Waals surface area contributed by atoms with Gasteiger partial charge in [0, 0.05) is 6.20 Å². The van der Waals surface area contributed by atoms with E-state index in [1.165, 1.54) is 6.08 Å². The van der Waals surface area contributed by atoms with Crippen molar-refractivity contribution in [3.63, 3.8) is 0 Å². The van der Waals surface area contributed by atoms with Crippen LogP contribution in [0.25, 0.3) is 12.2 Å². The fraction of sp³-hybridized carbons (Fsp3) is 0. The maximum atomic E-state index is 10.1. The number of hydrogen-bond donors (Lipinski definition) is 0. The summed E-state index contributed by atoms with van der Waals surface area (Å²) in [5, 5.41) is 0. The number of aromatic nitrogens is 1. The maximum absolute atomic E-state index is 10.1. The average molecular weight is 222 g/mol. The number of carbonyl (C=O) groups excluding carboxylic acids is 1. The third kappa shape index (κ3) is 3.23. The van der Waals surface area contributed by atoms with E-state index >= 15 is 0 Å². The van der Waals surface area contributed by atoms with E-state index in [1.807, 2.05) is 42.5 Å². The molecule has 3 nitrogen and oxygen atoms in total. The fourth-order valence-electron chi connectivity index (χ4n) is 1.40. The summed E-state index contributed by atoms with van der Waals surface area (Å²) in [6.07, 6.45) is 6.95. The Labute approximate surface area is 99.2 Å². The monoisotopic (exact) mass is 222 g/mol. The Morgan fingerprint density at radius 2 is 1.94 bits per heavy atom. The first-order valence-electron chi connectivity index (χ1n) is 5.15. The van der Waals surface area contributed by atoms with Gasteiger partial charge in [0.15, 0.2) is 0 Å². The van der Waals surface area contributed by atoms with Gasteiger partial charge in [-0.1, -0.05) is 36.4 Å². The minimum absolute atomic E-state index is 0.558. The van der Waals surface area contributed by atoms with Crippen LogP contribution in [0.5, 0.6) is 0 Å². The molecule has 0 aliphatic carbocycles. The maximum Gasteiger partial charge on any atom is 0.240 e. The van der Waals surface area contributed by atoms with E-state index in [0.29, 0.717) is 5.69 Å². The largest absolute Gasteiger partial charge is 0.257 e. The molecule has 0 saturated carbocycles. The topological polar surface area (TPSA) is 42.3 Å². The predicted octanol–water partition coefficient (Wildman–Crippen LogP) is 3.22. The van der Waals surface area contributed by atoms with Gasteiger partial charge in [-0.05, 0) is 23.8 Å². The fourth-order valence-corrected chi connectivity index (χ4v) is 1.40. The molecule has 0 saturated heterocycles. The molecule has 2 aromatic rings. The number of rotatable bonds is 3. The lowest BCUT2D eigenvalue weighted by Crippen LogP contribution is -1.78. The van der Waals surface area contributed by atoms with Crippen LogP contribution in [-0.2, 0) is 4.79 Å². The molecule has 0 N–H and O–H groups in total. The van der Waals surface area contributed by atoms with Crippen molar-refractivity contribution in [2.45, 2.75) is 0 Å². The van der Waals surface area contributed by atoms with Gasteiger partial charge in [-0.25, -0.2) is 4.79 Å². The Balaban J connectivity index is 2.21. The van der Waals surface area contributed by atoms with Crippen molar-refractivity contribution in [3.05, 3.63) is 59.9 Å². The van der Waals surface area contributed by atoms with E-state index in [4.69, 9.17) is 0 Å². The van der Waals surface area contributed by atoms with Gasteiger partial charge in [-0.15, -0.1) is 0 Å². The van der Waals surface area contributed by atoms with Gasteiger partial charge in [-0.3, -0.25) is 4.98 Å².